The summed E-state index contributed by atoms with van der Waals surface area (Å²) in [6.07, 6.45) is 1.38. The first-order valence-corrected chi connectivity index (χ1v) is 12.2. The number of hydrogen-bond acceptors (Lipinski definition) is 6. The summed E-state index contributed by atoms with van der Waals surface area (Å²) >= 11 is 0. The number of ketones is 2. The van der Waals surface area contributed by atoms with Crippen LogP contribution in [0.1, 0.15) is 43.0 Å². The number of carbonyl (C=O) groups excluding carboxylic acids is 3. The molecule has 0 aromatic heterocycles. The minimum absolute atomic E-state index is 0.00939. The largest absolute Gasteiger partial charge is 0.493 e. The Hall–Kier alpha value is -5.55. The van der Waals surface area contributed by atoms with Gasteiger partial charge in [-0.2, -0.15) is 5.26 Å². The zero-order chi connectivity index (χ0) is 28.2. The second kappa shape index (κ2) is 11.1. The molecule has 4 aromatic carbocycles. The Morgan fingerprint density at radius 3 is 2.25 bits per heavy atom. The van der Waals surface area contributed by atoms with Crippen molar-refractivity contribution in [1.82, 2.24) is 0 Å². The summed E-state index contributed by atoms with van der Waals surface area (Å²) < 4.78 is 25.0. The third-order valence-corrected chi connectivity index (χ3v) is 6.39. The van der Waals surface area contributed by atoms with E-state index in [0.29, 0.717) is 33.8 Å². The molecule has 0 heterocycles. The van der Waals surface area contributed by atoms with Crippen LogP contribution in [0.15, 0.2) is 90.5 Å². The molecule has 40 heavy (non-hydrogen) atoms. The van der Waals surface area contributed by atoms with E-state index >= 15 is 0 Å². The molecular weight excluding hydrogens is 511 g/mol. The van der Waals surface area contributed by atoms with Crippen molar-refractivity contribution in [3.05, 3.63) is 130 Å². The molecular formula is C32H21FN2O5. The van der Waals surface area contributed by atoms with E-state index < -0.39 is 5.91 Å². The van der Waals surface area contributed by atoms with Crippen LogP contribution in [0, 0.1) is 17.1 Å². The van der Waals surface area contributed by atoms with E-state index in [1.807, 2.05) is 6.07 Å². The Labute approximate surface area is 229 Å². The number of anilines is 1. The lowest BCUT2D eigenvalue weighted by Gasteiger charge is -2.18. The number of carbonyl (C=O) groups is 3. The number of rotatable bonds is 7. The molecule has 0 spiro atoms. The Kier molecular flexibility index (Phi) is 7.20. The standard InChI is InChI=1S/C32H21FN2O5/c1-39-29-15-19(10-13-28(29)40-18-20-6-2-5-9-27(20)33)14-21(17-34)32(38)35-22-11-12-25-26(16-22)31(37)24-8-4-3-7-23(24)30(25)36/h2-16H,18H2,1H3,(H,35,38). The summed E-state index contributed by atoms with van der Waals surface area (Å²) in [4.78, 5) is 38.7. The molecule has 0 saturated carbocycles. The number of methoxy groups -OCH3 is 1. The highest BCUT2D eigenvalue weighted by molar-refractivity contribution is 6.28. The maximum Gasteiger partial charge on any atom is 0.266 e. The van der Waals surface area contributed by atoms with Crippen LogP contribution in [0.5, 0.6) is 11.5 Å². The first-order valence-electron chi connectivity index (χ1n) is 12.2. The quantitative estimate of drug-likeness (QED) is 0.212. The number of benzene rings is 4. The van der Waals surface area contributed by atoms with E-state index in [4.69, 9.17) is 9.47 Å². The van der Waals surface area contributed by atoms with Crippen LogP contribution in [0.25, 0.3) is 6.08 Å². The van der Waals surface area contributed by atoms with E-state index in [-0.39, 0.29) is 46.4 Å². The van der Waals surface area contributed by atoms with E-state index in [9.17, 15) is 24.0 Å². The monoisotopic (exact) mass is 532 g/mol. The zero-order valence-electron chi connectivity index (χ0n) is 21.2. The second-order valence-electron chi connectivity index (χ2n) is 8.88. The van der Waals surface area contributed by atoms with Crippen molar-refractivity contribution in [3.63, 3.8) is 0 Å². The molecule has 1 N–H and O–H groups in total. The van der Waals surface area contributed by atoms with Crippen LogP contribution < -0.4 is 14.8 Å². The highest BCUT2D eigenvalue weighted by atomic mass is 19.1. The summed E-state index contributed by atoms with van der Waals surface area (Å²) in [5.74, 6) is -0.971. The molecule has 0 fully saturated rings. The second-order valence-corrected chi connectivity index (χ2v) is 8.88. The van der Waals surface area contributed by atoms with Crippen molar-refractivity contribution in [3.8, 4) is 17.6 Å². The van der Waals surface area contributed by atoms with Gasteiger partial charge in [0.05, 0.1) is 7.11 Å². The number of hydrogen-bond donors (Lipinski definition) is 1. The van der Waals surface area contributed by atoms with Gasteiger partial charge in [0.2, 0.25) is 0 Å². The summed E-state index contributed by atoms with van der Waals surface area (Å²) in [6.45, 7) is -0.00939. The Morgan fingerprint density at radius 2 is 1.55 bits per heavy atom. The molecule has 5 rings (SSSR count). The smallest absolute Gasteiger partial charge is 0.266 e. The minimum atomic E-state index is -0.698. The topological polar surface area (TPSA) is 105 Å². The molecule has 0 aliphatic heterocycles. The van der Waals surface area contributed by atoms with Gasteiger partial charge in [-0.1, -0.05) is 48.5 Å². The molecule has 8 heteroatoms. The normalized spacial score (nSPS) is 12.2. The van der Waals surface area contributed by atoms with Crippen molar-refractivity contribution in [2.75, 3.05) is 12.4 Å². The highest BCUT2D eigenvalue weighted by Crippen LogP contribution is 2.31. The SMILES string of the molecule is COc1cc(C=C(C#N)C(=O)Nc2ccc3c(c2)C(=O)c2ccccc2C3=O)ccc1OCc1ccccc1F. The maximum absolute atomic E-state index is 13.9. The molecule has 0 radical (unpaired) electrons. The fourth-order valence-corrected chi connectivity index (χ4v) is 4.36. The van der Waals surface area contributed by atoms with Gasteiger partial charge in [0.15, 0.2) is 23.1 Å². The van der Waals surface area contributed by atoms with Gasteiger partial charge in [0.25, 0.3) is 5.91 Å². The number of amides is 1. The molecule has 1 aliphatic carbocycles. The third kappa shape index (κ3) is 5.08. The predicted octanol–water partition coefficient (Wildman–Crippen LogP) is 5.73. The van der Waals surface area contributed by atoms with Gasteiger partial charge < -0.3 is 14.8 Å². The third-order valence-electron chi connectivity index (χ3n) is 6.39. The fraction of sp³-hybridized carbons (Fsp3) is 0.0625. The molecule has 0 bridgehead atoms. The van der Waals surface area contributed by atoms with Gasteiger partial charge >= 0.3 is 0 Å². The van der Waals surface area contributed by atoms with Crippen molar-refractivity contribution >= 4 is 29.2 Å². The Bertz CT molecular complexity index is 1750. The highest BCUT2D eigenvalue weighted by Gasteiger charge is 2.29. The predicted molar refractivity (Wildman–Crippen MR) is 146 cm³/mol. The summed E-state index contributed by atoms with van der Waals surface area (Å²) in [6, 6.07) is 24.0. The molecule has 0 saturated heterocycles. The maximum atomic E-state index is 13.9. The van der Waals surface area contributed by atoms with E-state index in [2.05, 4.69) is 5.32 Å². The summed E-state index contributed by atoms with van der Waals surface area (Å²) in [5, 5.41) is 12.3. The number of nitrogens with zero attached hydrogens (tertiary/aromatic N) is 1. The van der Waals surface area contributed by atoms with Crippen LogP contribution in [-0.4, -0.2) is 24.6 Å². The van der Waals surface area contributed by atoms with E-state index in [1.165, 1.54) is 37.5 Å². The summed E-state index contributed by atoms with van der Waals surface area (Å²) in [5.41, 5.74) is 2.01. The number of fused-ring (bicyclic) bond motifs is 2. The first-order chi connectivity index (χ1) is 19.4. The lowest BCUT2D eigenvalue weighted by molar-refractivity contribution is -0.112. The van der Waals surface area contributed by atoms with Crippen molar-refractivity contribution in [2.24, 2.45) is 0 Å². The van der Waals surface area contributed by atoms with Crippen LogP contribution in [-0.2, 0) is 11.4 Å². The summed E-state index contributed by atoms with van der Waals surface area (Å²) in [7, 11) is 1.44. The molecule has 196 valence electrons. The van der Waals surface area contributed by atoms with Crippen molar-refractivity contribution < 1.29 is 28.2 Å². The molecule has 1 amide bonds. The average molecular weight is 533 g/mol. The lowest BCUT2D eigenvalue weighted by Crippen LogP contribution is -2.21. The fourth-order valence-electron chi connectivity index (χ4n) is 4.36. The number of nitrogens with one attached hydrogen (secondary N) is 1. The molecule has 7 nitrogen and oxygen atoms in total. The molecule has 0 atom stereocenters. The molecule has 0 unspecified atom stereocenters. The Morgan fingerprint density at radius 1 is 0.875 bits per heavy atom. The zero-order valence-corrected chi connectivity index (χ0v) is 21.2. The van der Waals surface area contributed by atoms with Gasteiger partial charge in [0.1, 0.15) is 24.1 Å². The molecule has 4 aromatic rings. The van der Waals surface area contributed by atoms with Crippen LogP contribution in [0.3, 0.4) is 0 Å². The lowest BCUT2D eigenvalue weighted by atomic mass is 9.84. The van der Waals surface area contributed by atoms with Crippen LogP contribution >= 0.6 is 0 Å². The van der Waals surface area contributed by atoms with Gasteiger partial charge in [-0.05, 0) is 48.0 Å². The number of ether oxygens (including phenoxy) is 2. The minimum Gasteiger partial charge on any atom is -0.493 e. The average Bonchev–Trinajstić information content (AvgIpc) is 2.98. The van der Waals surface area contributed by atoms with E-state index in [1.54, 1.807) is 60.7 Å². The van der Waals surface area contributed by atoms with Crippen LogP contribution in [0.4, 0.5) is 10.1 Å². The van der Waals surface area contributed by atoms with Crippen molar-refractivity contribution in [2.45, 2.75) is 6.61 Å². The van der Waals surface area contributed by atoms with Gasteiger partial charge in [0, 0.05) is 33.5 Å². The van der Waals surface area contributed by atoms with Crippen LogP contribution in [0.2, 0.25) is 0 Å². The van der Waals surface area contributed by atoms with Gasteiger partial charge in [-0.15, -0.1) is 0 Å². The van der Waals surface area contributed by atoms with Gasteiger partial charge in [-0.3, -0.25) is 14.4 Å². The van der Waals surface area contributed by atoms with Gasteiger partial charge in [-0.25, -0.2) is 4.39 Å². The Balaban J connectivity index is 1.34. The van der Waals surface area contributed by atoms with Crippen molar-refractivity contribution in [1.29, 1.82) is 5.26 Å². The number of halogens is 1. The first kappa shape index (κ1) is 26.1. The number of nitriles is 1. The molecule has 1 aliphatic rings. The van der Waals surface area contributed by atoms with E-state index in [0.717, 1.165) is 0 Å².